The molecule has 0 bridgehead atoms. The van der Waals surface area contributed by atoms with Gasteiger partial charge in [-0.05, 0) is 41.5 Å². The van der Waals surface area contributed by atoms with Crippen LogP contribution >= 0.6 is 11.3 Å². The maximum atomic E-state index is 12.2. The molecule has 1 aromatic heterocycles. The highest BCUT2D eigenvalue weighted by Gasteiger charge is 2.12. The predicted molar refractivity (Wildman–Crippen MR) is 119 cm³/mol. The third-order valence-corrected chi connectivity index (χ3v) is 6.41. The van der Waals surface area contributed by atoms with E-state index in [-0.39, 0.29) is 17.4 Å². The molecule has 0 aliphatic rings. The number of hydrogen-bond acceptors (Lipinski definition) is 6. The fourth-order valence-electron chi connectivity index (χ4n) is 2.87. The molecule has 3 aromatic carbocycles. The van der Waals surface area contributed by atoms with Crippen molar-refractivity contribution in [2.75, 3.05) is 18.2 Å². The number of ether oxygens (including phenoxy) is 1. The van der Waals surface area contributed by atoms with E-state index in [0.29, 0.717) is 21.1 Å². The number of hydrogen-bond donors (Lipinski definition) is 1. The molecule has 0 aliphatic heterocycles. The molecule has 0 unspecified atom stereocenters. The number of rotatable bonds is 6. The quantitative estimate of drug-likeness (QED) is 0.483. The average molecular weight is 439 g/mol. The normalized spacial score (nSPS) is 11.4. The summed E-state index contributed by atoms with van der Waals surface area (Å²) < 4.78 is 29.6. The van der Waals surface area contributed by atoms with Crippen LogP contribution in [-0.2, 0) is 14.6 Å². The number of fused-ring (bicyclic) bond motifs is 1. The number of thiazole rings is 1. The molecular weight excluding hydrogens is 420 g/mol. The molecular formula is C22H18N2O4S2. The van der Waals surface area contributed by atoms with Gasteiger partial charge in [-0.1, -0.05) is 53.8 Å². The minimum Gasteiger partial charge on any atom is -0.484 e. The maximum Gasteiger partial charge on any atom is 0.264 e. The number of carbonyl (C=O) groups is 1. The zero-order chi connectivity index (χ0) is 21.1. The zero-order valence-electron chi connectivity index (χ0n) is 16.0. The summed E-state index contributed by atoms with van der Waals surface area (Å²) in [5.74, 6) is 0.247. The first-order chi connectivity index (χ1) is 14.4. The molecule has 1 heterocycles. The van der Waals surface area contributed by atoms with Gasteiger partial charge in [0.15, 0.2) is 21.6 Å². The Bertz CT molecular complexity index is 1300. The number of sulfone groups is 1. The maximum absolute atomic E-state index is 12.2. The van der Waals surface area contributed by atoms with E-state index in [4.69, 9.17) is 4.74 Å². The lowest BCUT2D eigenvalue weighted by Crippen LogP contribution is -2.19. The Kier molecular flexibility index (Phi) is 5.52. The summed E-state index contributed by atoms with van der Waals surface area (Å²) >= 11 is 1.21. The highest BCUT2D eigenvalue weighted by Crippen LogP contribution is 2.28. The Morgan fingerprint density at radius 1 is 1.00 bits per heavy atom. The molecule has 0 atom stereocenters. The number of amides is 1. The SMILES string of the molecule is CS(=O)(=O)c1ccc2nc(NC(=O)COc3ccc(-c4ccccc4)cc3)sc2c1. The monoisotopic (exact) mass is 438 g/mol. The van der Waals surface area contributed by atoms with Crippen molar-refractivity contribution in [2.24, 2.45) is 0 Å². The van der Waals surface area contributed by atoms with Gasteiger partial charge in [0.2, 0.25) is 0 Å². The highest BCUT2D eigenvalue weighted by molar-refractivity contribution is 7.90. The van der Waals surface area contributed by atoms with Gasteiger partial charge in [-0.3, -0.25) is 10.1 Å². The lowest BCUT2D eigenvalue weighted by atomic mass is 10.1. The molecule has 1 N–H and O–H groups in total. The van der Waals surface area contributed by atoms with E-state index in [0.717, 1.165) is 17.4 Å². The Labute approximate surface area is 178 Å². The zero-order valence-corrected chi connectivity index (χ0v) is 17.7. The number of benzene rings is 3. The Morgan fingerprint density at radius 3 is 2.40 bits per heavy atom. The number of carbonyl (C=O) groups excluding carboxylic acids is 1. The van der Waals surface area contributed by atoms with Crippen molar-refractivity contribution in [1.82, 2.24) is 4.98 Å². The smallest absolute Gasteiger partial charge is 0.264 e. The van der Waals surface area contributed by atoms with Crippen LogP contribution in [0.3, 0.4) is 0 Å². The largest absolute Gasteiger partial charge is 0.484 e. The highest BCUT2D eigenvalue weighted by atomic mass is 32.2. The van der Waals surface area contributed by atoms with Crippen LogP contribution in [0, 0.1) is 0 Å². The standard InChI is InChI=1S/C22H18N2O4S2/c1-30(26,27)18-11-12-19-20(13-18)29-22(23-19)24-21(25)14-28-17-9-7-16(8-10-17)15-5-3-2-4-6-15/h2-13H,14H2,1H3,(H,23,24,25). The van der Waals surface area contributed by atoms with Crippen LogP contribution in [0.5, 0.6) is 5.75 Å². The molecule has 8 heteroatoms. The van der Waals surface area contributed by atoms with Crippen molar-refractivity contribution in [2.45, 2.75) is 4.90 Å². The number of nitrogens with zero attached hydrogens (tertiary/aromatic N) is 1. The van der Waals surface area contributed by atoms with Gasteiger partial charge in [-0.25, -0.2) is 13.4 Å². The van der Waals surface area contributed by atoms with Crippen molar-refractivity contribution in [3.05, 3.63) is 72.8 Å². The van der Waals surface area contributed by atoms with Crippen molar-refractivity contribution >= 4 is 42.4 Å². The van der Waals surface area contributed by atoms with E-state index in [2.05, 4.69) is 10.3 Å². The van der Waals surface area contributed by atoms with Gasteiger partial charge < -0.3 is 4.74 Å². The van der Waals surface area contributed by atoms with E-state index in [9.17, 15) is 13.2 Å². The van der Waals surface area contributed by atoms with Gasteiger partial charge in [0.1, 0.15) is 5.75 Å². The van der Waals surface area contributed by atoms with Crippen LogP contribution in [0.1, 0.15) is 0 Å². The first-order valence-electron chi connectivity index (χ1n) is 9.07. The molecule has 152 valence electrons. The molecule has 4 aromatic rings. The van der Waals surface area contributed by atoms with Crippen LogP contribution in [-0.4, -0.2) is 32.2 Å². The Balaban J connectivity index is 1.38. The second-order valence-electron chi connectivity index (χ2n) is 6.65. The van der Waals surface area contributed by atoms with Gasteiger partial charge in [0.25, 0.3) is 5.91 Å². The van der Waals surface area contributed by atoms with Crippen molar-refractivity contribution in [3.63, 3.8) is 0 Å². The third kappa shape index (κ3) is 4.67. The summed E-state index contributed by atoms with van der Waals surface area (Å²) in [7, 11) is -3.30. The van der Waals surface area contributed by atoms with Gasteiger partial charge in [0.05, 0.1) is 15.1 Å². The van der Waals surface area contributed by atoms with Crippen LogP contribution in [0.4, 0.5) is 5.13 Å². The summed E-state index contributed by atoms with van der Waals surface area (Å²) in [4.78, 5) is 16.7. The van der Waals surface area contributed by atoms with E-state index in [1.54, 1.807) is 12.1 Å². The van der Waals surface area contributed by atoms with Crippen molar-refractivity contribution in [3.8, 4) is 16.9 Å². The number of nitrogens with one attached hydrogen (secondary N) is 1. The Hall–Kier alpha value is -3.23. The Morgan fingerprint density at radius 2 is 1.70 bits per heavy atom. The molecule has 4 rings (SSSR count). The fraction of sp³-hybridized carbons (Fsp3) is 0.0909. The topological polar surface area (TPSA) is 85.4 Å². The van der Waals surface area contributed by atoms with E-state index >= 15 is 0 Å². The number of aromatic nitrogens is 1. The van der Waals surface area contributed by atoms with E-state index in [1.165, 1.54) is 17.4 Å². The lowest BCUT2D eigenvalue weighted by Gasteiger charge is -2.07. The van der Waals surface area contributed by atoms with Gasteiger partial charge in [-0.15, -0.1) is 0 Å². The molecule has 0 fully saturated rings. The molecule has 30 heavy (non-hydrogen) atoms. The minimum absolute atomic E-state index is 0.158. The molecule has 0 aliphatic carbocycles. The van der Waals surface area contributed by atoms with E-state index < -0.39 is 9.84 Å². The van der Waals surface area contributed by atoms with Crippen molar-refractivity contribution < 1.29 is 17.9 Å². The van der Waals surface area contributed by atoms with Crippen LogP contribution in [0.15, 0.2) is 77.7 Å². The molecule has 6 nitrogen and oxygen atoms in total. The number of anilines is 1. The van der Waals surface area contributed by atoms with E-state index in [1.807, 2.05) is 54.6 Å². The lowest BCUT2D eigenvalue weighted by molar-refractivity contribution is -0.118. The fourth-order valence-corrected chi connectivity index (χ4v) is 4.51. The first kappa shape index (κ1) is 20.1. The van der Waals surface area contributed by atoms with Gasteiger partial charge >= 0.3 is 0 Å². The molecule has 0 saturated heterocycles. The molecule has 1 amide bonds. The minimum atomic E-state index is -3.30. The van der Waals surface area contributed by atoms with Crippen LogP contribution in [0.2, 0.25) is 0 Å². The predicted octanol–water partition coefficient (Wildman–Crippen LogP) is 4.38. The van der Waals surface area contributed by atoms with Gasteiger partial charge in [-0.2, -0.15) is 0 Å². The first-order valence-corrected chi connectivity index (χ1v) is 11.8. The second kappa shape index (κ2) is 8.25. The summed E-state index contributed by atoms with van der Waals surface area (Å²) in [6.45, 7) is -0.158. The summed E-state index contributed by atoms with van der Waals surface area (Å²) in [6, 6.07) is 22.2. The van der Waals surface area contributed by atoms with Crippen molar-refractivity contribution in [1.29, 1.82) is 0 Å². The van der Waals surface area contributed by atoms with Gasteiger partial charge in [0, 0.05) is 6.26 Å². The average Bonchev–Trinajstić information content (AvgIpc) is 3.14. The summed E-state index contributed by atoms with van der Waals surface area (Å²) in [6.07, 6.45) is 1.15. The molecule has 0 radical (unpaired) electrons. The third-order valence-electron chi connectivity index (χ3n) is 4.37. The van der Waals surface area contributed by atoms with Crippen LogP contribution in [0.25, 0.3) is 21.3 Å². The van der Waals surface area contributed by atoms with Crippen LogP contribution < -0.4 is 10.1 Å². The summed E-state index contributed by atoms with van der Waals surface area (Å²) in [5, 5.41) is 3.08. The summed E-state index contributed by atoms with van der Waals surface area (Å²) in [5.41, 5.74) is 2.80. The molecule has 0 saturated carbocycles. The second-order valence-corrected chi connectivity index (χ2v) is 9.69. The molecule has 0 spiro atoms.